The first-order valence-electron chi connectivity index (χ1n) is 7.35. The van der Waals surface area contributed by atoms with Gasteiger partial charge in [0.15, 0.2) is 5.96 Å². The number of nitrogens with one attached hydrogen (secondary N) is 2. The van der Waals surface area contributed by atoms with Crippen LogP contribution in [-0.2, 0) is 10.0 Å². The summed E-state index contributed by atoms with van der Waals surface area (Å²) in [7, 11) is 0.294. The average Bonchev–Trinajstić information content (AvgIpc) is 2.48. The fourth-order valence-corrected chi connectivity index (χ4v) is 3.01. The lowest BCUT2D eigenvalue weighted by Gasteiger charge is -2.16. The smallest absolute Gasteiger partial charge is 0.213 e. The number of thioether (sulfide) groups is 1. The molecule has 0 atom stereocenters. The summed E-state index contributed by atoms with van der Waals surface area (Å²) in [4.78, 5) is 4.14. The van der Waals surface area contributed by atoms with Crippen LogP contribution in [-0.4, -0.2) is 70.2 Å². The number of guanidine groups is 1. The Bertz CT molecular complexity index is 392. The Kier molecular flexibility index (Phi) is 16.5. The van der Waals surface area contributed by atoms with E-state index in [-0.39, 0.29) is 29.7 Å². The van der Waals surface area contributed by atoms with Gasteiger partial charge in [-0.2, -0.15) is 11.8 Å². The van der Waals surface area contributed by atoms with Gasteiger partial charge in [-0.1, -0.05) is 0 Å². The SMILES string of the molecule is CCS(=O)(=O)N(C)CCCNC(=NC)NCCCCSC.I. The summed E-state index contributed by atoms with van der Waals surface area (Å²) < 4.78 is 24.6. The van der Waals surface area contributed by atoms with Crippen LogP contribution in [0.3, 0.4) is 0 Å². The molecule has 0 heterocycles. The minimum atomic E-state index is -3.07. The van der Waals surface area contributed by atoms with Crippen LogP contribution in [0.5, 0.6) is 0 Å². The summed E-state index contributed by atoms with van der Waals surface area (Å²) in [5, 5.41) is 6.45. The molecule has 0 saturated carbocycles. The lowest BCUT2D eigenvalue weighted by Crippen LogP contribution is -2.39. The van der Waals surface area contributed by atoms with Crippen molar-refractivity contribution < 1.29 is 8.42 Å². The molecule has 0 rings (SSSR count). The monoisotopic (exact) mass is 466 g/mol. The minimum absolute atomic E-state index is 0. The largest absolute Gasteiger partial charge is 0.356 e. The Balaban J connectivity index is 0. The molecule has 0 aromatic carbocycles. The second-order valence-corrected chi connectivity index (χ2v) is 8.05. The summed E-state index contributed by atoms with van der Waals surface area (Å²) in [6.07, 6.45) is 5.19. The van der Waals surface area contributed by atoms with Crippen LogP contribution >= 0.6 is 35.7 Å². The lowest BCUT2D eigenvalue weighted by atomic mass is 10.3. The van der Waals surface area contributed by atoms with Gasteiger partial charge in [0, 0.05) is 33.7 Å². The van der Waals surface area contributed by atoms with Gasteiger partial charge in [-0.05, 0) is 38.2 Å². The third kappa shape index (κ3) is 11.8. The van der Waals surface area contributed by atoms with Gasteiger partial charge >= 0.3 is 0 Å². The number of halogens is 1. The fraction of sp³-hybridized carbons (Fsp3) is 0.923. The third-order valence-electron chi connectivity index (χ3n) is 3.07. The molecule has 2 N–H and O–H groups in total. The molecule has 0 spiro atoms. The van der Waals surface area contributed by atoms with Crippen LogP contribution in [0.4, 0.5) is 0 Å². The van der Waals surface area contributed by atoms with Crippen LogP contribution in [0.2, 0.25) is 0 Å². The molecule has 0 aromatic heterocycles. The highest BCUT2D eigenvalue weighted by atomic mass is 127. The summed E-state index contributed by atoms with van der Waals surface area (Å²) >= 11 is 1.86. The Morgan fingerprint density at radius 3 is 2.27 bits per heavy atom. The predicted molar refractivity (Wildman–Crippen MR) is 109 cm³/mol. The summed E-state index contributed by atoms with van der Waals surface area (Å²) in [5.41, 5.74) is 0. The highest BCUT2D eigenvalue weighted by molar-refractivity contribution is 14.0. The first-order valence-corrected chi connectivity index (χ1v) is 10.4. The molecular formula is C13H31IN4O2S2. The lowest BCUT2D eigenvalue weighted by molar-refractivity contribution is 0.461. The molecule has 0 unspecified atom stereocenters. The van der Waals surface area contributed by atoms with E-state index in [0.717, 1.165) is 25.3 Å². The molecular weight excluding hydrogens is 435 g/mol. The summed E-state index contributed by atoms with van der Waals surface area (Å²) in [6, 6.07) is 0. The van der Waals surface area contributed by atoms with E-state index in [0.29, 0.717) is 13.1 Å². The number of aliphatic imine (C=N–C) groups is 1. The molecule has 22 heavy (non-hydrogen) atoms. The van der Waals surface area contributed by atoms with Crippen LogP contribution in [0.25, 0.3) is 0 Å². The van der Waals surface area contributed by atoms with E-state index in [1.54, 1.807) is 21.0 Å². The molecule has 6 nitrogen and oxygen atoms in total. The van der Waals surface area contributed by atoms with Crippen molar-refractivity contribution in [2.75, 3.05) is 51.5 Å². The van der Waals surface area contributed by atoms with Gasteiger partial charge in [-0.3, -0.25) is 4.99 Å². The zero-order valence-corrected chi connectivity index (χ0v) is 18.1. The minimum Gasteiger partial charge on any atom is -0.356 e. The van der Waals surface area contributed by atoms with Gasteiger partial charge in [0.2, 0.25) is 10.0 Å². The van der Waals surface area contributed by atoms with E-state index in [4.69, 9.17) is 0 Å². The van der Waals surface area contributed by atoms with Gasteiger partial charge in [-0.15, -0.1) is 24.0 Å². The standard InChI is InChI=1S/C13H30N4O2S2.HI/c1-5-21(18,19)17(3)11-8-10-16-13(14-2)15-9-6-7-12-20-4;/h5-12H2,1-4H3,(H2,14,15,16);1H. The maximum Gasteiger partial charge on any atom is 0.213 e. The number of hydrogen-bond acceptors (Lipinski definition) is 4. The first-order chi connectivity index (χ1) is 9.97. The number of nitrogens with zero attached hydrogens (tertiary/aromatic N) is 2. The van der Waals surface area contributed by atoms with Crippen LogP contribution in [0, 0.1) is 0 Å². The fourth-order valence-electron chi connectivity index (χ4n) is 1.67. The molecule has 0 bridgehead atoms. The molecule has 0 fully saturated rings. The van der Waals surface area contributed by atoms with Crippen LogP contribution in [0.1, 0.15) is 26.2 Å². The van der Waals surface area contributed by atoms with E-state index in [1.165, 1.54) is 16.5 Å². The Labute approximate surface area is 157 Å². The zero-order chi connectivity index (χ0) is 16.1. The molecule has 0 aliphatic heterocycles. The van der Waals surface area contributed by atoms with Gasteiger partial charge < -0.3 is 10.6 Å². The molecule has 0 radical (unpaired) electrons. The van der Waals surface area contributed by atoms with Gasteiger partial charge in [0.05, 0.1) is 5.75 Å². The van der Waals surface area contributed by atoms with Gasteiger partial charge in [0.1, 0.15) is 0 Å². The van der Waals surface area contributed by atoms with Crippen molar-refractivity contribution in [2.45, 2.75) is 26.2 Å². The third-order valence-corrected chi connectivity index (χ3v) is 5.63. The van der Waals surface area contributed by atoms with Crippen molar-refractivity contribution in [3.8, 4) is 0 Å². The van der Waals surface area contributed by atoms with E-state index >= 15 is 0 Å². The Morgan fingerprint density at radius 1 is 1.18 bits per heavy atom. The summed E-state index contributed by atoms with van der Waals surface area (Å²) in [6.45, 7) is 3.79. The molecule has 0 aromatic rings. The number of hydrogen-bond donors (Lipinski definition) is 2. The quantitative estimate of drug-likeness (QED) is 0.209. The van der Waals surface area contributed by atoms with Crippen molar-refractivity contribution in [3.05, 3.63) is 0 Å². The van der Waals surface area contributed by atoms with E-state index in [9.17, 15) is 8.42 Å². The van der Waals surface area contributed by atoms with E-state index < -0.39 is 10.0 Å². The van der Waals surface area contributed by atoms with Crippen molar-refractivity contribution in [1.29, 1.82) is 0 Å². The predicted octanol–water partition coefficient (Wildman–Crippen LogP) is 1.58. The Hall–Kier alpha value is 0.260. The second-order valence-electron chi connectivity index (χ2n) is 4.70. The van der Waals surface area contributed by atoms with Crippen molar-refractivity contribution in [3.63, 3.8) is 0 Å². The molecule has 134 valence electrons. The molecule has 0 amide bonds. The molecule has 0 aliphatic carbocycles. The molecule has 9 heteroatoms. The maximum atomic E-state index is 11.6. The molecule has 0 aliphatic rings. The number of rotatable bonds is 11. The van der Waals surface area contributed by atoms with Crippen LogP contribution in [0.15, 0.2) is 4.99 Å². The summed E-state index contributed by atoms with van der Waals surface area (Å²) in [5.74, 6) is 2.11. The van der Waals surface area contributed by atoms with Crippen molar-refractivity contribution >= 4 is 51.7 Å². The molecule has 0 saturated heterocycles. The highest BCUT2D eigenvalue weighted by Crippen LogP contribution is 1.99. The first kappa shape index (κ1) is 24.5. The Morgan fingerprint density at radius 2 is 1.77 bits per heavy atom. The second kappa shape index (κ2) is 14.8. The van der Waals surface area contributed by atoms with Crippen molar-refractivity contribution in [2.24, 2.45) is 4.99 Å². The van der Waals surface area contributed by atoms with E-state index in [2.05, 4.69) is 21.9 Å². The van der Waals surface area contributed by atoms with E-state index in [1.807, 2.05) is 11.8 Å². The normalized spacial score (nSPS) is 12.1. The number of sulfonamides is 1. The average molecular weight is 466 g/mol. The topological polar surface area (TPSA) is 73.8 Å². The number of unbranched alkanes of at least 4 members (excludes halogenated alkanes) is 1. The maximum absolute atomic E-state index is 11.6. The zero-order valence-electron chi connectivity index (χ0n) is 14.1. The van der Waals surface area contributed by atoms with Gasteiger partial charge in [-0.25, -0.2) is 12.7 Å². The van der Waals surface area contributed by atoms with Crippen LogP contribution < -0.4 is 10.6 Å². The van der Waals surface area contributed by atoms with Crippen molar-refractivity contribution in [1.82, 2.24) is 14.9 Å². The van der Waals surface area contributed by atoms with Gasteiger partial charge in [0.25, 0.3) is 0 Å². The highest BCUT2D eigenvalue weighted by Gasteiger charge is 2.13.